The molecule has 3 aromatic carbocycles. The summed E-state index contributed by atoms with van der Waals surface area (Å²) in [6.45, 7) is 4.10. The first kappa shape index (κ1) is 27.0. The molecule has 0 spiro atoms. The molecule has 8 heteroatoms. The number of rotatable bonds is 9. The molecule has 3 aromatic rings. The average molecular weight is 515 g/mol. The van der Waals surface area contributed by atoms with Crippen molar-refractivity contribution in [2.24, 2.45) is 10.9 Å². The van der Waals surface area contributed by atoms with Gasteiger partial charge in [-0.15, -0.1) is 0 Å². The smallest absolute Gasteiger partial charge is 0.243 e. The molecule has 0 fully saturated rings. The third kappa shape index (κ3) is 6.26. The van der Waals surface area contributed by atoms with E-state index in [1.54, 1.807) is 17.0 Å². The van der Waals surface area contributed by atoms with E-state index in [0.717, 1.165) is 33.4 Å². The number of nitroso groups, excluding NO2 is 1. The van der Waals surface area contributed by atoms with Gasteiger partial charge < -0.3 is 21.1 Å². The van der Waals surface area contributed by atoms with Crippen molar-refractivity contribution >= 4 is 11.8 Å². The van der Waals surface area contributed by atoms with E-state index in [2.05, 4.69) is 10.5 Å². The van der Waals surface area contributed by atoms with Gasteiger partial charge in [0.05, 0.1) is 6.04 Å². The molecule has 1 unspecified atom stereocenters. The number of phenols is 1. The van der Waals surface area contributed by atoms with Crippen LogP contribution in [0, 0.1) is 18.8 Å². The largest absolute Gasteiger partial charge is 0.508 e. The molecule has 3 atom stereocenters. The lowest BCUT2D eigenvalue weighted by atomic mass is 9.91. The number of carbonyl (C=O) groups is 2. The lowest BCUT2D eigenvalue weighted by Crippen LogP contribution is -2.57. The Morgan fingerprint density at radius 2 is 1.66 bits per heavy atom. The minimum Gasteiger partial charge on any atom is -0.508 e. The summed E-state index contributed by atoms with van der Waals surface area (Å²) in [5, 5.41) is 15.9. The Hall–Kier alpha value is -4.04. The molecule has 8 nitrogen and oxygen atoms in total. The molecule has 0 aliphatic carbocycles. The van der Waals surface area contributed by atoms with Crippen LogP contribution in [0.1, 0.15) is 33.4 Å². The second kappa shape index (κ2) is 12.0. The van der Waals surface area contributed by atoms with Crippen molar-refractivity contribution in [2.75, 3.05) is 6.54 Å². The van der Waals surface area contributed by atoms with Gasteiger partial charge >= 0.3 is 0 Å². The molecule has 1 aliphatic rings. The number of hydrogen-bond acceptors (Lipinski definition) is 6. The topological polar surface area (TPSA) is 125 Å². The normalized spacial score (nSPS) is 16.3. The van der Waals surface area contributed by atoms with Crippen molar-refractivity contribution in [2.45, 2.75) is 57.8 Å². The number of nitrogens with one attached hydrogen (secondary N) is 1. The van der Waals surface area contributed by atoms with E-state index >= 15 is 0 Å². The zero-order chi connectivity index (χ0) is 27.2. The van der Waals surface area contributed by atoms with E-state index in [-0.39, 0.29) is 37.1 Å². The van der Waals surface area contributed by atoms with Crippen LogP contribution >= 0.6 is 0 Å². The van der Waals surface area contributed by atoms with Crippen LogP contribution < -0.4 is 11.1 Å². The fourth-order valence-corrected chi connectivity index (χ4v) is 5.17. The minimum absolute atomic E-state index is 0.0787. The van der Waals surface area contributed by atoms with Crippen molar-refractivity contribution in [1.82, 2.24) is 10.2 Å². The van der Waals surface area contributed by atoms with E-state index in [1.165, 1.54) is 0 Å². The van der Waals surface area contributed by atoms with Crippen molar-refractivity contribution in [3.63, 3.8) is 0 Å². The number of aromatic hydroxyl groups is 1. The van der Waals surface area contributed by atoms with Crippen LogP contribution in [0.5, 0.6) is 5.75 Å². The highest BCUT2D eigenvalue weighted by molar-refractivity contribution is 5.90. The van der Waals surface area contributed by atoms with Gasteiger partial charge in [-0.05, 0) is 72.2 Å². The highest BCUT2D eigenvalue weighted by atomic mass is 16.3. The summed E-state index contributed by atoms with van der Waals surface area (Å²) in [5.74, 6) is -0.483. The van der Waals surface area contributed by atoms with Gasteiger partial charge in [0, 0.05) is 19.5 Å². The van der Waals surface area contributed by atoms with E-state index in [4.69, 9.17) is 5.73 Å². The van der Waals surface area contributed by atoms with Crippen LogP contribution in [0.15, 0.2) is 71.9 Å². The number of benzene rings is 3. The molecular weight excluding hydrogens is 480 g/mol. The predicted molar refractivity (Wildman–Crippen MR) is 146 cm³/mol. The minimum atomic E-state index is -0.861. The first-order chi connectivity index (χ1) is 18.3. The second-order valence-electron chi connectivity index (χ2n) is 10.0. The monoisotopic (exact) mass is 514 g/mol. The molecule has 198 valence electrons. The first-order valence-corrected chi connectivity index (χ1v) is 12.8. The van der Waals surface area contributed by atoms with Crippen molar-refractivity contribution in [1.29, 1.82) is 0 Å². The van der Waals surface area contributed by atoms with Crippen LogP contribution in [0.25, 0.3) is 0 Å². The quantitative estimate of drug-likeness (QED) is 0.378. The maximum atomic E-state index is 13.7. The van der Waals surface area contributed by atoms with Gasteiger partial charge in [0.15, 0.2) is 0 Å². The van der Waals surface area contributed by atoms with Crippen LogP contribution in [0.3, 0.4) is 0 Å². The fourth-order valence-electron chi connectivity index (χ4n) is 5.17. The Morgan fingerprint density at radius 1 is 1.03 bits per heavy atom. The lowest BCUT2D eigenvalue weighted by molar-refractivity contribution is -0.142. The molecule has 38 heavy (non-hydrogen) atoms. The van der Waals surface area contributed by atoms with Crippen LogP contribution in [0.4, 0.5) is 0 Å². The van der Waals surface area contributed by atoms with E-state index < -0.39 is 18.1 Å². The van der Waals surface area contributed by atoms with Crippen molar-refractivity contribution < 1.29 is 14.7 Å². The van der Waals surface area contributed by atoms with Gasteiger partial charge in [0.25, 0.3) is 0 Å². The molecule has 2 amide bonds. The number of nitrogens with two attached hydrogens (primary N) is 1. The zero-order valence-electron chi connectivity index (χ0n) is 21.8. The molecule has 0 aromatic heterocycles. The summed E-state index contributed by atoms with van der Waals surface area (Å²) in [4.78, 5) is 40.1. The number of carbonyl (C=O) groups excluding carboxylic acids is 2. The molecular formula is C30H34N4O4. The standard InChI is InChI=1S/C30H34N4O4/c1-19-12-25(35)13-20(2)26(19)16-27(31)30(37)34-18-23-11-7-6-10-22(23)15-28(34)29(36)32-17-24(33-38)14-21-8-4-3-5-9-21/h3-13,24,27-28,35H,14-18,31H2,1-2H3,(H,32,36)/t24-,27?,28+/m1/s1. The molecule has 0 radical (unpaired) electrons. The first-order valence-electron chi connectivity index (χ1n) is 12.8. The summed E-state index contributed by atoms with van der Waals surface area (Å²) in [5.41, 5.74) is 12.0. The van der Waals surface area contributed by atoms with Crippen LogP contribution in [-0.4, -0.2) is 46.5 Å². The SMILES string of the molecule is Cc1cc(O)cc(C)c1CC(N)C(=O)N1Cc2ccccc2C[C@H]1C(=O)NC[C@@H](Cc1ccccc1)N=O. The number of hydrogen-bond donors (Lipinski definition) is 3. The fraction of sp³-hybridized carbons (Fsp3) is 0.333. The number of aryl methyl sites for hydroxylation is 2. The highest BCUT2D eigenvalue weighted by Gasteiger charge is 2.37. The Labute approximate surface area is 222 Å². The van der Waals surface area contributed by atoms with Gasteiger partial charge in [0.2, 0.25) is 11.8 Å². The lowest BCUT2D eigenvalue weighted by Gasteiger charge is -2.37. The molecule has 4 rings (SSSR count). The van der Waals surface area contributed by atoms with Gasteiger partial charge in [-0.2, -0.15) is 4.91 Å². The van der Waals surface area contributed by atoms with E-state index in [9.17, 15) is 19.6 Å². The molecule has 0 saturated heterocycles. The van der Waals surface area contributed by atoms with Gasteiger partial charge in [-0.1, -0.05) is 59.8 Å². The summed E-state index contributed by atoms with van der Waals surface area (Å²) < 4.78 is 0. The van der Waals surface area contributed by atoms with Crippen molar-refractivity contribution in [3.05, 3.63) is 105 Å². The average Bonchev–Trinajstić information content (AvgIpc) is 2.92. The molecule has 0 saturated carbocycles. The summed E-state index contributed by atoms with van der Waals surface area (Å²) in [6, 6.07) is 18.3. The van der Waals surface area contributed by atoms with Gasteiger partial charge in [-0.3, -0.25) is 9.59 Å². The Morgan fingerprint density at radius 3 is 2.32 bits per heavy atom. The van der Waals surface area contributed by atoms with Gasteiger partial charge in [-0.25, -0.2) is 0 Å². The Bertz CT molecular complexity index is 1290. The Balaban J connectivity index is 1.50. The van der Waals surface area contributed by atoms with Crippen molar-refractivity contribution in [3.8, 4) is 5.75 Å². The number of fused-ring (bicyclic) bond motifs is 1. The molecule has 1 aliphatic heterocycles. The van der Waals surface area contributed by atoms with Crippen LogP contribution in [-0.2, 0) is 35.4 Å². The predicted octanol–water partition coefficient (Wildman–Crippen LogP) is 3.33. The number of amides is 2. The zero-order valence-corrected chi connectivity index (χ0v) is 21.8. The maximum absolute atomic E-state index is 13.7. The molecule has 4 N–H and O–H groups in total. The van der Waals surface area contributed by atoms with Gasteiger partial charge in [0.1, 0.15) is 17.8 Å². The highest BCUT2D eigenvalue weighted by Crippen LogP contribution is 2.26. The third-order valence-corrected chi connectivity index (χ3v) is 7.23. The summed E-state index contributed by atoms with van der Waals surface area (Å²) >= 11 is 0. The summed E-state index contributed by atoms with van der Waals surface area (Å²) in [7, 11) is 0. The summed E-state index contributed by atoms with van der Waals surface area (Å²) in [6.07, 6.45) is 1.06. The number of phenolic OH excluding ortho intramolecular Hbond substituents is 1. The van der Waals surface area contributed by atoms with E-state index in [1.807, 2.05) is 68.4 Å². The molecule has 0 bridgehead atoms. The number of nitrogens with zero attached hydrogens (tertiary/aromatic N) is 2. The second-order valence-corrected chi connectivity index (χ2v) is 10.0. The molecule has 1 heterocycles. The third-order valence-electron chi connectivity index (χ3n) is 7.23. The van der Waals surface area contributed by atoms with E-state index in [0.29, 0.717) is 12.8 Å². The van der Waals surface area contributed by atoms with Crippen LogP contribution in [0.2, 0.25) is 0 Å². The maximum Gasteiger partial charge on any atom is 0.243 e. The Kier molecular flexibility index (Phi) is 8.53.